The summed E-state index contributed by atoms with van der Waals surface area (Å²) in [7, 11) is -8.95. The summed E-state index contributed by atoms with van der Waals surface area (Å²) >= 11 is 0. The normalized spacial score (nSPS) is 12.6. The van der Waals surface area contributed by atoms with E-state index in [9.17, 15) is 13.9 Å². The summed E-state index contributed by atoms with van der Waals surface area (Å²) in [5.41, 5.74) is 0. The molecule has 13 heavy (non-hydrogen) atoms. The van der Waals surface area contributed by atoms with Crippen LogP contribution in [0.2, 0.25) is 0 Å². The first-order valence-electron chi connectivity index (χ1n) is 2.92. The van der Waals surface area contributed by atoms with Gasteiger partial charge in [-0.25, -0.2) is 0 Å². The summed E-state index contributed by atoms with van der Waals surface area (Å²) in [5, 5.41) is 0. The molecule has 0 radical (unpaired) electrons. The van der Waals surface area contributed by atoms with E-state index in [0.29, 0.717) is 4.90 Å². The largest absolute Gasteiger partial charge is 0.344 e. The Balaban J connectivity index is 4.30. The SMILES string of the molecule is O=CN(CP(=O)(O)O)CP(=O)(O)O. The third-order valence-electron chi connectivity index (χ3n) is 0.881. The van der Waals surface area contributed by atoms with Crippen molar-refractivity contribution in [2.75, 3.05) is 12.6 Å². The summed E-state index contributed by atoms with van der Waals surface area (Å²) < 4.78 is 20.7. The number of carbonyl (C=O) groups excluding carboxylic acids is 1. The predicted octanol–water partition coefficient (Wildman–Crippen LogP) is -1.28. The zero-order chi connectivity index (χ0) is 10.7. The third-order valence-corrected chi connectivity index (χ3v) is 2.34. The summed E-state index contributed by atoms with van der Waals surface area (Å²) in [5.74, 6) is 0. The highest BCUT2D eigenvalue weighted by Gasteiger charge is 2.24. The van der Waals surface area contributed by atoms with Crippen LogP contribution in [0.4, 0.5) is 0 Å². The summed E-state index contributed by atoms with van der Waals surface area (Å²) in [6, 6.07) is 0. The smallest absolute Gasteiger partial charge is 0.323 e. The number of hydrogen-bond donors (Lipinski definition) is 4. The third kappa shape index (κ3) is 8.11. The van der Waals surface area contributed by atoms with Gasteiger partial charge in [0, 0.05) is 0 Å². The average molecular weight is 233 g/mol. The lowest BCUT2D eigenvalue weighted by Gasteiger charge is -2.17. The number of carbonyl (C=O) groups is 1. The van der Waals surface area contributed by atoms with Crippen LogP contribution in [0.25, 0.3) is 0 Å². The van der Waals surface area contributed by atoms with Crippen LogP contribution in [0.1, 0.15) is 0 Å². The van der Waals surface area contributed by atoms with Gasteiger partial charge in [-0.3, -0.25) is 13.9 Å². The van der Waals surface area contributed by atoms with E-state index in [0.717, 1.165) is 0 Å². The van der Waals surface area contributed by atoms with Crippen molar-refractivity contribution >= 4 is 21.6 Å². The van der Waals surface area contributed by atoms with Crippen LogP contribution in [-0.2, 0) is 13.9 Å². The maximum Gasteiger partial charge on any atom is 0.344 e. The highest BCUT2D eigenvalue weighted by molar-refractivity contribution is 7.52. The van der Waals surface area contributed by atoms with Crippen LogP contribution in [0.15, 0.2) is 0 Å². The van der Waals surface area contributed by atoms with Crippen molar-refractivity contribution in [1.29, 1.82) is 0 Å². The highest BCUT2D eigenvalue weighted by atomic mass is 31.2. The lowest BCUT2D eigenvalue weighted by atomic mass is 11.0. The Labute approximate surface area is 73.5 Å². The standard InChI is InChI=1S/C3H9NO7P2/c5-1-4(2-12(6,7)8)3-13(9,10)11/h1H,2-3H2,(H2,6,7,8)(H2,9,10,11). The molecule has 0 aromatic carbocycles. The Morgan fingerprint density at radius 3 is 1.46 bits per heavy atom. The molecule has 0 saturated heterocycles. The van der Waals surface area contributed by atoms with E-state index >= 15 is 0 Å². The Kier molecular flexibility index (Phi) is 4.25. The van der Waals surface area contributed by atoms with E-state index in [1.807, 2.05) is 0 Å². The number of amides is 1. The molecule has 0 heterocycles. The molecule has 0 fully saturated rings. The van der Waals surface area contributed by atoms with E-state index in [4.69, 9.17) is 19.6 Å². The molecule has 0 aromatic rings. The van der Waals surface area contributed by atoms with Gasteiger partial charge in [0.15, 0.2) is 0 Å². The number of hydrogen-bond acceptors (Lipinski definition) is 3. The lowest BCUT2D eigenvalue weighted by Crippen LogP contribution is -2.24. The molecule has 0 saturated carbocycles. The van der Waals surface area contributed by atoms with Crippen molar-refractivity contribution in [3.05, 3.63) is 0 Å². The summed E-state index contributed by atoms with van der Waals surface area (Å²) in [6.07, 6.45) is -2.03. The van der Waals surface area contributed by atoms with Gasteiger partial charge in [0.25, 0.3) is 0 Å². The van der Waals surface area contributed by atoms with E-state index in [1.54, 1.807) is 0 Å². The topological polar surface area (TPSA) is 135 Å². The minimum absolute atomic E-state index is 0.0296. The second-order valence-corrected chi connectivity index (χ2v) is 5.53. The fraction of sp³-hybridized carbons (Fsp3) is 0.667. The predicted molar refractivity (Wildman–Crippen MR) is 41.7 cm³/mol. The molecule has 0 aromatic heterocycles. The Morgan fingerprint density at radius 1 is 1.00 bits per heavy atom. The molecule has 1 amide bonds. The summed E-state index contributed by atoms with van der Waals surface area (Å²) in [4.78, 5) is 43.9. The summed E-state index contributed by atoms with van der Waals surface area (Å²) in [6.45, 7) is 0. The second-order valence-electron chi connectivity index (χ2n) is 2.31. The molecule has 78 valence electrons. The molecular weight excluding hydrogens is 224 g/mol. The number of rotatable bonds is 5. The van der Waals surface area contributed by atoms with Gasteiger partial charge < -0.3 is 24.5 Å². The first kappa shape index (κ1) is 12.8. The van der Waals surface area contributed by atoms with Crippen molar-refractivity contribution in [2.24, 2.45) is 0 Å². The monoisotopic (exact) mass is 233 g/mol. The van der Waals surface area contributed by atoms with Gasteiger partial charge in [-0.2, -0.15) is 0 Å². The zero-order valence-electron chi connectivity index (χ0n) is 6.35. The quantitative estimate of drug-likeness (QED) is 0.342. The lowest BCUT2D eigenvalue weighted by molar-refractivity contribution is -0.117. The van der Waals surface area contributed by atoms with Gasteiger partial charge in [-0.15, -0.1) is 0 Å². The van der Waals surface area contributed by atoms with Crippen molar-refractivity contribution in [1.82, 2.24) is 4.90 Å². The maximum absolute atomic E-state index is 10.3. The van der Waals surface area contributed by atoms with Crippen molar-refractivity contribution in [3.8, 4) is 0 Å². The van der Waals surface area contributed by atoms with Gasteiger partial charge >= 0.3 is 15.2 Å². The van der Waals surface area contributed by atoms with Crippen LogP contribution in [0, 0.1) is 0 Å². The molecule has 0 unspecified atom stereocenters. The average Bonchev–Trinajstić information content (AvgIpc) is 1.79. The first-order valence-corrected chi connectivity index (χ1v) is 6.52. The van der Waals surface area contributed by atoms with Crippen LogP contribution in [0.5, 0.6) is 0 Å². The van der Waals surface area contributed by atoms with Crippen LogP contribution >= 0.6 is 15.2 Å². The number of nitrogens with zero attached hydrogens (tertiary/aromatic N) is 1. The molecule has 10 heteroatoms. The Hall–Kier alpha value is -0.230. The highest BCUT2D eigenvalue weighted by Crippen LogP contribution is 2.39. The van der Waals surface area contributed by atoms with Gasteiger partial charge in [0.05, 0.1) is 0 Å². The Bertz CT molecular complexity index is 241. The van der Waals surface area contributed by atoms with Gasteiger partial charge in [0.1, 0.15) is 12.6 Å². The van der Waals surface area contributed by atoms with Crippen LogP contribution in [-0.4, -0.2) is 43.5 Å². The molecule has 0 spiro atoms. The van der Waals surface area contributed by atoms with Crippen LogP contribution in [0.3, 0.4) is 0 Å². The molecule has 0 atom stereocenters. The fourth-order valence-corrected chi connectivity index (χ4v) is 2.02. The molecule has 0 rings (SSSR count). The van der Waals surface area contributed by atoms with Gasteiger partial charge in [-0.05, 0) is 0 Å². The van der Waals surface area contributed by atoms with Crippen LogP contribution < -0.4 is 0 Å². The van der Waals surface area contributed by atoms with Crippen molar-refractivity contribution in [3.63, 3.8) is 0 Å². The first-order chi connectivity index (χ1) is 5.64. The molecule has 0 bridgehead atoms. The minimum atomic E-state index is -4.47. The maximum atomic E-state index is 10.3. The van der Waals surface area contributed by atoms with Crippen molar-refractivity contribution < 1.29 is 33.5 Å². The molecule has 0 aliphatic rings. The molecular formula is C3H9NO7P2. The van der Waals surface area contributed by atoms with Crippen molar-refractivity contribution in [2.45, 2.75) is 0 Å². The molecule has 8 nitrogen and oxygen atoms in total. The Morgan fingerprint density at radius 2 is 1.31 bits per heavy atom. The molecule has 0 aliphatic heterocycles. The van der Waals surface area contributed by atoms with E-state index in [1.165, 1.54) is 0 Å². The van der Waals surface area contributed by atoms with E-state index in [2.05, 4.69) is 0 Å². The van der Waals surface area contributed by atoms with E-state index in [-0.39, 0.29) is 6.41 Å². The molecule has 0 aliphatic carbocycles. The van der Waals surface area contributed by atoms with E-state index < -0.39 is 27.8 Å². The van der Waals surface area contributed by atoms with Gasteiger partial charge in [0.2, 0.25) is 6.41 Å². The fourth-order valence-electron chi connectivity index (χ4n) is 0.585. The second kappa shape index (κ2) is 4.32. The zero-order valence-corrected chi connectivity index (χ0v) is 8.14. The molecule has 4 N–H and O–H groups in total. The van der Waals surface area contributed by atoms with Gasteiger partial charge in [-0.1, -0.05) is 0 Å². The minimum Gasteiger partial charge on any atom is -0.323 e.